The SMILES string of the molecule is CCC(=O)Nc1nc2c(C)cc(NC(=O)Nc3cc(Cl)ccc3OC)cc2s1. The van der Waals surface area contributed by atoms with Gasteiger partial charge in [0.25, 0.3) is 0 Å². The van der Waals surface area contributed by atoms with Crippen molar-refractivity contribution in [3.05, 3.63) is 40.9 Å². The number of amides is 3. The number of hydrogen-bond donors (Lipinski definition) is 3. The van der Waals surface area contributed by atoms with Crippen LogP contribution < -0.4 is 20.7 Å². The molecular formula is C19H19ClN4O3S. The Labute approximate surface area is 171 Å². The molecule has 28 heavy (non-hydrogen) atoms. The maximum atomic E-state index is 12.4. The molecule has 0 radical (unpaired) electrons. The van der Waals surface area contributed by atoms with Gasteiger partial charge in [0.15, 0.2) is 5.13 Å². The highest BCUT2D eigenvalue weighted by molar-refractivity contribution is 7.22. The number of methoxy groups -OCH3 is 1. The number of aryl methyl sites for hydroxylation is 1. The number of anilines is 3. The fourth-order valence-corrected chi connectivity index (χ4v) is 3.76. The monoisotopic (exact) mass is 418 g/mol. The van der Waals surface area contributed by atoms with Crippen molar-refractivity contribution >= 4 is 61.6 Å². The van der Waals surface area contributed by atoms with Crippen molar-refractivity contribution in [2.24, 2.45) is 0 Å². The molecule has 3 rings (SSSR count). The van der Waals surface area contributed by atoms with Crippen LogP contribution in [-0.2, 0) is 4.79 Å². The Bertz CT molecular complexity index is 1050. The van der Waals surface area contributed by atoms with Crippen LogP contribution in [0.1, 0.15) is 18.9 Å². The van der Waals surface area contributed by atoms with E-state index in [9.17, 15) is 9.59 Å². The largest absolute Gasteiger partial charge is 0.495 e. The molecule has 0 atom stereocenters. The molecule has 0 unspecified atom stereocenters. The normalized spacial score (nSPS) is 10.6. The van der Waals surface area contributed by atoms with Crippen LogP contribution in [0.3, 0.4) is 0 Å². The number of nitrogens with one attached hydrogen (secondary N) is 3. The molecule has 7 nitrogen and oxygen atoms in total. The van der Waals surface area contributed by atoms with Gasteiger partial charge in [0, 0.05) is 17.1 Å². The Balaban J connectivity index is 1.79. The van der Waals surface area contributed by atoms with Gasteiger partial charge in [-0.25, -0.2) is 9.78 Å². The van der Waals surface area contributed by atoms with Gasteiger partial charge in [-0.2, -0.15) is 0 Å². The number of carbonyl (C=O) groups excluding carboxylic acids is 2. The number of fused-ring (bicyclic) bond motifs is 1. The Morgan fingerprint density at radius 3 is 2.68 bits per heavy atom. The number of nitrogens with zero attached hydrogens (tertiary/aromatic N) is 1. The topological polar surface area (TPSA) is 92.4 Å². The molecule has 0 aliphatic carbocycles. The van der Waals surface area contributed by atoms with E-state index in [0.29, 0.717) is 33.7 Å². The number of thiazole rings is 1. The number of benzene rings is 2. The predicted molar refractivity (Wildman–Crippen MR) is 114 cm³/mol. The van der Waals surface area contributed by atoms with E-state index >= 15 is 0 Å². The third-order valence-electron chi connectivity index (χ3n) is 3.92. The fourth-order valence-electron chi connectivity index (χ4n) is 2.59. The zero-order chi connectivity index (χ0) is 20.3. The lowest BCUT2D eigenvalue weighted by Crippen LogP contribution is -2.19. The van der Waals surface area contributed by atoms with E-state index in [1.54, 1.807) is 25.1 Å². The van der Waals surface area contributed by atoms with Crippen LogP contribution in [0.25, 0.3) is 10.2 Å². The van der Waals surface area contributed by atoms with Gasteiger partial charge in [-0.1, -0.05) is 29.9 Å². The highest BCUT2D eigenvalue weighted by Crippen LogP contribution is 2.32. The molecule has 1 heterocycles. The maximum Gasteiger partial charge on any atom is 0.323 e. The van der Waals surface area contributed by atoms with E-state index in [2.05, 4.69) is 20.9 Å². The van der Waals surface area contributed by atoms with E-state index in [4.69, 9.17) is 16.3 Å². The highest BCUT2D eigenvalue weighted by atomic mass is 35.5. The van der Waals surface area contributed by atoms with Gasteiger partial charge in [0.05, 0.1) is 23.0 Å². The Kier molecular flexibility index (Phi) is 6.01. The van der Waals surface area contributed by atoms with E-state index in [1.165, 1.54) is 18.4 Å². The van der Waals surface area contributed by atoms with Crippen LogP contribution in [-0.4, -0.2) is 24.0 Å². The minimum Gasteiger partial charge on any atom is -0.495 e. The summed E-state index contributed by atoms with van der Waals surface area (Å²) in [6.45, 7) is 3.68. The minimum atomic E-state index is -0.427. The Morgan fingerprint density at radius 2 is 1.96 bits per heavy atom. The minimum absolute atomic E-state index is 0.0927. The smallest absolute Gasteiger partial charge is 0.323 e. The summed E-state index contributed by atoms with van der Waals surface area (Å²) in [6, 6.07) is 8.18. The fraction of sp³-hybridized carbons (Fsp3) is 0.211. The highest BCUT2D eigenvalue weighted by Gasteiger charge is 2.12. The zero-order valence-electron chi connectivity index (χ0n) is 15.6. The van der Waals surface area contributed by atoms with Gasteiger partial charge in [0.1, 0.15) is 5.75 Å². The van der Waals surface area contributed by atoms with Crippen LogP contribution in [0.4, 0.5) is 21.3 Å². The summed E-state index contributed by atoms with van der Waals surface area (Å²) in [7, 11) is 1.52. The van der Waals surface area contributed by atoms with Crippen LogP contribution in [0, 0.1) is 6.92 Å². The van der Waals surface area contributed by atoms with Gasteiger partial charge in [-0.05, 0) is 42.8 Å². The first-order valence-electron chi connectivity index (χ1n) is 8.52. The molecule has 3 amide bonds. The van der Waals surface area contributed by atoms with Crippen LogP contribution in [0.2, 0.25) is 5.02 Å². The standard InChI is InChI=1S/C19H19ClN4O3S/c1-4-16(25)23-19-24-17-10(2)7-12(9-15(17)28-19)21-18(26)22-13-8-11(20)5-6-14(13)27-3/h5-9H,4H2,1-3H3,(H2,21,22,26)(H,23,24,25). The van der Waals surface area contributed by atoms with E-state index in [0.717, 1.165) is 15.8 Å². The first kappa shape index (κ1) is 19.9. The molecule has 9 heteroatoms. The molecule has 0 bridgehead atoms. The summed E-state index contributed by atoms with van der Waals surface area (Å²) in [5.74, 6) is 0.412. The van der Waals surface area contributed by atoms with Crippen molar-refractivity contribution in [2.45, 2.75) is 20.3 Å². The number of ether oxygens (including phenoxy) is 1. The number of rotatable bonds is 5. The van der Waals surface area contributed by atoms with Crippen molar-refractivity contribution in [1.29, 1.82) is 0 Å². The van der Waals surface area contributed by atoms with Gasteiger partial charge in [-0.3, -0.25) is 4.79 Å². The molecule has 1 aromatic heterocycles. The quantitative estimate of drug-likeness (QED) is 0.527. The lowest BCUT2D eigenvalue weighted by atomic mass is 10.2. The Hall–Kier alpha value is -2.84. The lowest BCUT2D eigenvalue weighted by Gasteiger charge is -2.12. The van der Waals surface area contributed by atoms with Crippen molar-refractivity contribution in [1.82, 2.24) is 4.98 Å². The molecule has 0 saturated heterocycles. The molecule has 0 saturated carbocycles. The molecule has 3 N–H and O–H groups in total. The van der Waals surface area contributed by atoms with Crippen molar-refractivity contribution < 1.29 is 14.3 Å². The van der Waals surface area contributed by atoms with Gasteiger partial charge < -0.3 is 20.7 Å². The van der Waals surface area contributed by atoms with Gasteiger partial charge >= 0.3 is 6.03 Å². The summed E-state index contributed by atoms with van der Waals surface area (Å²) >= 11 is 7.35. The van der Waals surface area contributed by atoms with Crippen LogP contribution in [0.15, 0.2) is 30.3 Å². The first-order valence-corrected chi connectivity index (χ1v) is 9.71. The molecule has 0 fully saturated rings. The van der Waals surface area contributed by atoms with E-state index in [1.807, 2.05) is 19.1 Å². The number of carbonyl (C=O) groups is 2. The predicted octanol–water partition coefficient (Wildman–Crippen LogP) is 5.26. The molecule has 0 aliphatic rings. The second-order valence-electron chi connectivity index (χ2n) is 5.98. The molecule has 3 aromatic rings. The van der Waals surface area contributed by atoms with Crippen LogP contribution in [0.5, 0.6) is 5.75 Å². The third-order valence-corrected chi connectivity index (χ3v) is 5.07. The summed E-state index contributed by atoms with van der Waals surface area (Å²) in [5, 5.41) is 9.31. The molecular weight excluding hydrogens is 400 g/mol. The third kappa shape index (κ3) is 4.52. The van der Waals surface area contributed by atoms with Crippen LogP contribution >= 0.6 is 22.9 Å². The van der Waals surface area contributed by atoms with Crippen molar-refractivity contribution in [3.63, 3.8) is 0 Å². The van der Waals surface area contributed by atoms with E-state index < -0.39 is 6.03 Å². The molecule has 2 aromatic carbocycles. The Morgan fingerprint density at radius 1 is 1.18 bits per heavy atom. The summed E-state index contributed by atoms with van der Waals surface area (Å²) < 4.78 is 6.09. The number of urea groups is 1. The number of halogens is 1. The summed E-state index contributed by atoms with van der Waals surface area (Å²) in [5.41, 5.74) is 2.76. The number of hydrogen-bond acceptors (Lipinski definition) is 5. The first-order chi connectivity index (χ1) is 13.4. The van der Waals surface area contributed by atoms with Gasteiger partial charge in [-0.15, -0.1) is 0 Å². The van der Waals surface area contributed by atoms with Crippen molar-refractivity contribution in [3.8, 4) is 5.75 Å². The molecule has 0 spiro atoms. The lowest BCUT2D eigenvalue weighted by molar-refractivity contribution is -0.115. The maximum absolute atomic E-state index is 12.4. The van der Waals surface area contributed by atoms with Gasteiger partial charge in [0.2, 0.25) is 5.91 Å². The average molecular weight is 419 g/mol. The second kappa shape index (κ2) is 8.45. The number of aromatic nitrogens is 1. The summed E-state index contributed by atoms with van der Waals surface area (Å²) in [6.07, 6.45) is 0.384. The molecule has 0 aliphatic heterocycles. The van der Waals surface area contributed by atoms with Crippen molar-refractivity contribution in [2.75, 3.05) is 23.1 Å². The second-order valence-corrected chi connectivity index (χ2v) is 7.45. The molecule has 146 valence electrons. The average Bonchev–Trinajstić information content (AvgIpc) is 3.04. The van der Waals surface area contributed by atoms with E-state index in [-0.39, 0.29) is 5.91 Å². The summed E-state index contributed by atoms with van der Waals surface area (Å²) in [4.78, 5) is 28.4. The zero-order valence-corrected chi connectivity index (χ0v) is 17.1.